The summed E-state index contributed by atoms with van der Waals surface area (Å²) in [6.45, 7) is 12.0. The molecule has 3 aromatic carbocycles. The van der Waals surface area contributed by atoms with E-state index in [0.29, 0.717) is 36.0 Å². The van der Waals surface area contributed by atoms with Gasteiger partial charge in [-0.3, -0.25) is 19.3 Å². The van der Waals surface area contributed by atoms with Crippen LogP contribution in [0.1, 0.15) is 106 Å². The van der Waals surface area contributed by atoms with E-state index >= 15 is 0 Å². The molecule has 6 nitrogen and oxygen atoms in total. The largest absolute Gasteiger partial charge is 0.507 e. The van der Waals surface area contributed by atoms with Gasteiger partial charge in [-0.15, -0.1) is 0 Å². The lowest BCUT2D eigenvalue weighted by atomic mass is 9.78. The Labute approximate surface area is 265 Å². The third kappa shape index (κ3) is 8.16. The van der Waals surface area contributed by atoms with Crippen LogP contribution in [-0.2, 0) is 20.4 Å². The number of hydrogen-bond donors (Lipinski definition) is 1. The number of halogens is 2. The molecule has 0 radical (unpaired) electrons. The van der Waals surface area contributed by atoms with E-state index in [9.17, 15) is 28.3 Å². The summed E-state index contributed by atoms with van der Waals surface area (Å²) in [4.78, 5) is 42.4. The van der Waals surface area contributed by atoms with E-state index in [1.165, 1.54) is 34.1 Å². The molecule has 0 aromatic heterocycles. The molecule has 0 spiro atoms. The molecule has 45 heavy (non-hydrogen) atoms. The molecule has 1 aliphatic rings. The SMILES string of the molecule is CC(C)(C)c1cc(C(=O)N2CCN(C(=O)CCCCC(c3ccc(F)cc3)c3ccc(F)cc3)C(=O)C2)cc(C(C)(C)C)c1O. The van der Waals surface area contributed by atoms with Crippen molar-refractivity contribution in [2.24, 2.45) is 0 Å². The zero-order valence-corrected chi connectivity index (χ0v) is 27.1. The van der Waals surface area contributed by atoms with Crippen LogP contribution >= 0.6 is 0 Å². The molecule has 1 N–H and O–H groups in total. The second-order valence-electron chi connectivity index (χ2n) is 14.0. The highest BCUT2D eigenvalue weighted by Crippen LogP contribution is 2.40. The molecule has 0 unspecified atom stereocenters. The molecule has 1 aliphatic heterocycles. The van der Waals surface area contributed by atoms with Crippen molar-refractivity contribution in [2.45, 2.75) is 84.0 Å². The summed E-state index contributed by atoms with van der Waals surface area (Å²) in [5.41, 5.74) is 2.75. The highest BCUT2D eigenvalue weighted by molar-refractivity contribution is 6.01. The van der Waals surface area contributed by atoms with Gasteiger partial charge in [-0.2, -0.15) is 0 Å². The van der Waals surface area contributed by atoms with Crippen molar-refractivity contribution >= 4 is 17.7 Å². The Kier molecular flexibility index (Phi) is 10.2. The zero-order chi connectivity index (χ0) is 33.1. The standard InChI is InChI=1S/C37H44F2N2O4/c1-36(2,3)30-21-26(22-31(34(30)44)37(4,5)6)35(45)40-19-20-41(33(43)23-40)32(42)10-8-7-9-29(24-11-15-27(38)16-12-24)25-13-17-28(39)18-14-25/h11-18,21-22,29,44H,7-10,19-20,23H2,1-6H3. The first kappa shape index (κ1) is 33.8. The molecule has 0 saturated carbocycles. The van der Waals surface area contributed by atoms with Gasteiger partial charge in [0.15, 0.2) is 0 Å². The monoisotopic (exact) mass is 618 g/mol. The van der Waals surface area contributed by atoms with Crippen molar-refractivity contribution in [3.8, 4) is 5.75 Å². The van der Waals surface area contributed by atoms with Crippen LogP contribution in [0.5, 0.6) is 5.75 Å². The number of hydrogen-bond acceptors (Lipinski definition) is 4. The highest BCUT2D eigenvalue weighted by atomic mass is 19.1. The highest BCUT2D eigenvalue weighted by Gasteiger charge is 2.33. The van der Waals surface area contributed by atoms with Crippen molar-refractivity contribution in [3.63, 3.8) is 0 Å². The lowest BCUT2D eigenvalue weighted by Crippen LogP contribution is -2.54. The lowest BCUT2D eigenvalue weighted by molar-refractivity contribution is -0.148. The Morgan fingerprint density at radius 1 is 0.800 bits per heavy atom. The number of nitrogens with zero attached hydrogens (tertiary/aromatic N) is 2. The van der Waals surface area contributed by atoms with Gasteiger partial charge in [0, 0.05) is 42.1 Å². The van der Waals surface area contributed by atoms with Crippen LogP contribution in [-0.4, -0.2) is 52.3 Å². The summed E-state index contributed by atoms with van der Waals surface area (Å²) in [7, 11) is 0. The maximum atomic E-state index is 13.6. The van der Waals surface area contributed by atoms with Crippen LogP contribution in [0.25, 0.3) is 0 Å². The number of phenolic OH excluding ortho intramolecular Hbond substituents is 1. The topological polar surface area (TPSA) is 77.9 Å². The van der Waals surface area contributed by atoms with E-state index in [1.54, 1.807) is 36.4 Å². The molecule has 1 saturated heterocycles. The van der Waals surface area contributed by atoms with Gasteiger partial charge in [-0.05, 0) is 71.2 Å². The molecule has 0 aliphatic carbocycles. The number of amides is 3. The Morgan fingerprint density at radius 3 is 1.73 bits per heavy atom. The minimum Gasteiger partial charge on any atom is -0.507 e. The van der Waals surface area contributed by atoms with Crippen molar-refractivity contribution in [3.05, 3.63) is 100 Å². The summed E-state index contributed by atoms with van der Waals surface area (Å²) < 4.78 is 27.1. The number of benzene rings is 3. The van der Waals surface area contributed by atoms with E-state index in [-0.39, 0.29) is 61.2 Å². The minimum atomic E-state index is -0.416. The second kappa shape index (κ2) is 13.5. The summed E-state index contributed by atoms with van der Waals surface area (Å²) in [6.07, 6.45) is 2.06. The number of rotatable bonds is 8. The van der Waals surface area contributed by atoms with Gasteiger partial charge >= 0.3 is 0 Å². The fourth-order valence-corrected chi connectivity index (χ4v) is 5.87. The number of carbonyl (C=O) groups is 3. The van der Waals surface area contributed by atoms with Gasteiger partial charge in [-0.1, -0.05) is 72.2 Å². The van der Waals surface area contributed by atoms with Crippen LogP contribution in [0.3, 0.4) is 0 Å². The molecular weight excluding hydrogens is 574 g/mol. The minimum absolute atomic E-state index is 0.0880. The van der Waals surface area contributed by atoms with Gasteiger partial charge in [0.2, 0.25) is 11.8 Å². The first-order chi connectivity index (χ1) is 21.1. The van der Waals surface area contributed by atoms with Crippen molar-refractivity contribution in [1.82, 2.24) is 9.80 Å². The summed E-state index contributed by atoms with van der Waals surface area (Å²) in [6, 6.07) is 15.9. The fourth-order valence-electron chi connectivity index (χ4n) is 5.87. The second-order valence-corrected chi connectivity index (χ2v) is 14.0. The smallest absolute Gasteiger partial charge is 0.254 e. The summed E-state index contributed by atoms with van der Waals surface area (Å²) >= 11 is 0. The van der Waals surface area contributed by atoms with E-state index in [4.69, 9.17) is 0 Å². The van der Waals surface area contributed by atoms with E-state index in [2.05, 4.69) is 0 Å². The maximum absolute atomic E-state index is 13.6. The predicted octanol–water partition coefficient (Wildman–Crippen LogP) is 7.47. The maximum Gasteiger partial charge on any atom is 0.254 e. The van der Waals surface area contributed by atoms with E-state index < -0.39 is 16.7 Å². The molecular formula is C37H44F2N2O4. The van der Waals surface area contributed by atoms with Crippen LogP contribution in [0.15, 0.2) is 60.7 Å². The number of piperazine rings is 1. The van der Waals surface area contributed by atoms with Crippen LogP contribution in [0, 0.1) is 11.6 Å². The number of phenols is 1. The lowest BCUT2D eigenvalue weighted by Gasteiger charge is -2.34. The Bertz CT molecular complexity index is 1460. The molecule has 0 bridgehead atoms. The zero-order valence-electron chi connectivity index (χ0n) is 27.1. The molecule has 0 atom stereocenters. The first-order valence-electron chi connectivity index (χ1n) is 15.6. The molecule has 3 aromatic rings. The third-order valence-corrected chi connectivity index (χ3v) is 8.46. The Hall–Kier alpha value is -4.07. The van der Waals surface area contributed by atoms with Crippen LogP contribution in [0.2, 0.25) is 0 Å². The van der Waals surface area contributed by atoms with E-state index in [0.717, 1.165) is 11.1 Å². The Balaban J connectivity index is 1.37. The normalized spacial score (nSPS) is 14.3. The van der Waals surface area contributed by atoms with Gasteiger partial charge < -0.3 is 10.0 Å². The molecule has 8 heteroatoms. The van der Waals surface area contributed by atoms with Gasteiger partial charge in [0.25, 0.3) is 5.91 Å². The number of aromatic hydroxyl groups is 1. The third-order valence-electron chi connectivity index (χ3n) is 8.46. The molecule has 1 heterocycles. The Morgan fingerprint density at radius 2 is 1.29 bits per heavy atom. The quantitative estimate of drug-likeness (QED) is 0.266. The summed E-state index contributed by atoms with van der Waals surface area (Å²) in [5, 5.41) is 11.0. The number of unbranched alkanes of at least 4 members (excludes halogenated alkanes) is 1. The van der Waals surface area contributed by atoms with Gasteiger partial charge in [-0.25, -0.2) is 8.78 Å². The van der Waals surface area contributed by atoms with Crippen LogP contribution in [0.4, 0.5) is 8.78 Å². The fraction of sp³-hybridized carbons (Fsp3) is 0.432. The van der Waals surface area contributed by atoms with Gasteiger partial charge in [0.1, 0.15) is 23.9 Å². The average Bonchev–Trinajstić information content (AvgIpc) is 2.97. The average molecular weight is 619 g/mol. The molecule has 1 fully saturated rings. The molecule has 4 rings (SSSR count). The molecule has 3 amide bonds. The predicted molar refractivity (Wildman–Crippen MR) is 171 cm³/mol. The number of carbonyl (C=O) groups excluding carboxylic acids is 3. The van der Waals surface area contributed by atoms with Gasteiger partial charge in [0.05, 0.1) is 0 Å². The van der Waals surface area contributed by atoms with Crippen molar-refractivity contribution in [2.75, 3.05) is 19.6 Å². The van der Waals surface area contributed by atoms with E-state index in [1.807, 2.05) is 41.5 Å². The molecule has 240 valence electrons. The first-order valence-corrected chi connectivity index (χ1v) is 15.6. The van der Waals surface area contributed by atoms with Crippen molar-refractivity contribution in [1.29, 1.82) is 0 Å². The number of imide groups is 1. The van der Waals surface area contributed by atoms with Crippen molar-refractivity contribution < 1.29 is 28.3 Å². The summed E-state index contributed by atoms with van der Waals surface area (Å²) in [5.74, 6) is -1.57. The van der Waals surface area contributed by atoms with Crippen LogP contribution < -0.4 is 0 Å².